The summed E-state index contributed by atoms with van der Waals surface area (Å²) in [4.78, 5) is 11.9. The molecule has 0 saturated carbocycles. The van der Waals surface area contributed by atoms with Crippen molar-refractivity contribution in [3.05, 3.63) is 40.1 Å². The number of hydrogen-bond donors (Lipinski definition) is 2. The van der Waals surface area contributed by atoms with Crippen molar-refractivity contribution in [2.24, 2.45) is 5.73 Å². The van der Waals surface area contributed by atoms with Crippen LogP contribution in [0, 0.1) is 5.82 Å². The molecule has 20 heavy (non-hydrogen) atoms. The summed E-state index contributed by atoms with van der Waals surface area (Å²) in [5.41, 5.74) is 6.27. The Hall–Kier alpha value is -1.60. The molecule has 1 heterocycles. The lowest BCUT2D eigenvalue weighted by atomic mass is 10.1. The standard InChI is InChI=1S/C13H17FN4OS/c1-3-18-12(19)16-17-13(18)20-11-5-4-9(6-8(2)15)7-10(11)14/h4-5,7-8H,3,6,15H2,1-2H3,(H,16,19). The van der Waals surface area contributed by atoms with E-state index in [-0.39, 0.29) is 17.5 Å². The van der Waals surface area contributed by atoms with Crippen LogP contribution in [0.4, 0.5) is 4.39 Å². The van der Waals surface area contributed by atoms with Gasteiger partial charge in [-0.2, -0.15) is 0 Å². The van der Waals surface area contributed by atoms with Crippen LogP contribution in [-0.4, -0.2) is 20.8 Å². The molecule has 0 fully saturated rings. The highest BCUT2D eigenvalue weighted by Crippen LogP contribution is 2.28. The van der Waals surface area contributed by atoms with Gasteiger partial charge in [0, 0.05) is 12.6 Å². The average molecular weight is 296 g/mol. The summed E-state index contributed by atoms with van der Waals surface area (Å²) in [5, 5.41) is 6.71. The van der Waals surface area contributed by atoms with Crippen molar-refractivity contribution in [2.75, 3.05) is 0 Å². The van der Waals surface area contributed by atoms with E-state index in [2.05, 4.69) is 10.2 Å². The molecule has 0 aliphatic heterocycles. The van der Waals surface area contributed by atoms with E-state index in [1.807, 2.05) is 19.9 Å². The first-order chi connectivity index (χ1) is 9.51. The van der Waals surface area contributed by atoms with Crippen molar-refractivity contribution in [3.8, 4) is 0 Å². The van der Waals surface area contributed by atoms with Crippen LogP contribution in [0.25, 0.3) is 0 Å². The molecule has 3 N–H and O–H groups in total. The third-order valence-electron chi connectivity index (χ3n) is 2.79. The maximum atomic E-state index is 14.0. The normalized spacial score (nSPS) is 12.6. The number of rotatable bonds is 5. The summed E-state index contributed by atoms with van der Waals surface area (Å²) in [5.74, 6) is -0.328. The number of aromatic nitrogens is 3. The van der Waals surface area contributed by atoms with Gasteiger partial charge in [-0.05, 0) is 49.7 Å². The minimum absolute atomic E-state index is 0.00971. The first-order valence-electron chi connectivity index (χ1n) is 6.38. The van der Waals surface area contributed by atoms with Crippen molar-refractivity contribution in [3.63, 3.8) is 0 Å². The summed E-state index contributed by atoms with van der Waals surface area (Å²) >= 11 is 1.13. The van der Waals surface area contributed by atoms with Crippen LogP contribution in [-0.2, 0) is 13.0 Å². The van der Waals surface area contributed by atoms with Crippen molar-refractivity contribution in [1.29, 1.82) is 0 Å². The minimum atomic E-state index is -0.328. The number of H-pyrrole nitrogens is 1. The molecule has 2 rings (SSSR count). The Morgan fingerprint density at radius 3 is 2.90 bits per heavy atom. The molecule has 1 aromatic carbocycles. The highest BCUT2D eigenvalue weighted by atomic mass is 32.2. The molecule has 0 spiro atoms. The fourth-order valence-electron chi connectivity index (χ4n) is 1.88. The zero-order valence-corrected chi connectivity index (χ0v) is 12.2. The summed E-state index contributed by atoms with van der Waals surface area (Å²) in [6.07, 6.45) is 0.629. The second-order valence-corrected chi connectivity index (χ2v) is 5.61. The average Bonchev–Trinajstić information content (AvgIpc) is 2.72. The highest BCUT2D eigenvalue weighted by molar-refractivity contribution is 7.99. The minimum Gasteiger partial charge on any atom is -0.328 e. The van der Waals surface area contributed by atoms with E-state index >= 15 is 0 Å². The molecule has 0 radical (unpaired) electrons. The molecule has 1 unspecified atom stereocenters. The summed E-state index contributed by atoms with van der Waals surface area (Å²) < 4.78 is 15.5. The summed E-state index contributed by atoms with van der Waals surface area (Å²) in [7, 11) is 0. The van der Waals surface area contributed by atoms with Gasteiger partial charge in [-0.1, -0.05) is 6.07 Å². The van der Waals surface area contributed by atoms with Crippen LogP contribution in [0.1, 0.15) is 19.4 Å². The topological polar surface area (TPSA) is 76.7 Å². The van der Waals surface area contributed by atoms with Gasteiger partial charge < -0.3 is 5.73 Å². The Labute approximate surface area is 120 Å². The third-order valence-corrected chi connectivity index (χ3v) is 3.84. The van der Waals surface area contributed by atoms with E-state index in [0.717, 1.165) is 17.3 Å². The second kappa shape index (κ2) is 6.23. The van der Waals surface area contributed by atoms with Gasteiger partial charge in [0.05, 0.1) is 4.90 Å². The van der Waals surface area contributed by atoms with E-state index in [4.69, 9.17) is 5.73 Å². The molecule has 5 nitrogen and oxygen atoms in total. The molecule has 1 aromatic heterocycles. The van der Waals surface area contributed by atoms with Crippen LogP contribution >= 0.6 is 11.8 Å². The molecular formula is C13H17FN4OS. The molecule has 0 aliphatic rings. The number of benzene rings is 1. The van der Waals surface area contributed by atoms with Gasteiger partial charge in [0.1, 0.15) is 5.82 Å². The van der Waals surface area contributed by atoms with Gasteiger partial charge in [0.25, 0.3) is 0 Å². The van der Waals surface area contributed by atoms with E-state index in [1.54, 1.807) is 6.07 Å². The monoisotopic (exact) mass is 296 g/mol. The van der Waals surface area contributed by atoms with Crippen molar-refractivity contribution < 1.29 is 4.39 Å². The Morgan fingerprint density at radius 2 is 2.30 bits per heavy atom. The van der Waals surface area contributed by atoms with E-state index < -0.39 is 0 Å². The first-order valence-corrected chi connectivity index (χ1v) is 7.20. The maximum Gasteiger partial charge on any atom is 0.343 e. The highest BCUT2D eigenvalue weighted by Gasteiger charge is 2.12. The quantitative estimate of drug-likeness (QED) is 0.881. The SMILES string of the molecule is CCn1c(Sc2ccc(CC(C)N)cc2F)n[nH]c1=O. The lowest BCUT2D eigenvalue weighted by molar-refractivity contribution is 0.595. The number of halogens is 1. The molecule has 1 atom stereocenters. The van der Waals surface area contributed by atoms with Crippen LogP contribution < -0.4 is 11.4 Å². The van der Waals surface area contributed by atoms with Gasteiger partial charge in [-0.3, -0.25) is 4.57 Å². The van der Waals surface area contributed by atoms with Crippen molar-refractivity contribution in [1.82, 2.24) is 14.8 Å². The molecule has 0 amide bonds. The zero-order chi connectivity index (χ0) is 14.7. The fraction of sp³-hybridized carbons (Fsp3) is 0.385. The van der Waals surface area contributed by atoms with Gasteiger partial charge >= 0.3 is 5.69 Å². The number of nitrogens with zero attached hydrogens (tertiary/aromatic N) is 2. The smallest absolute Gasteiger partial charge is 0.328 e. The van der Waals surface area contributed by atoms with Crippen molar-refractivity contribution in [2.45, 2.75) is 42.9 Å². The number of aromatic amines is 1. The second-order valence-electron chi connectivity index (χ2n) is 4.60. The van der Waals surface area contributed by atoms with E-state index in [0.29, 0.717) is 23.0 Å². The van der Waals surface area contributed by atoms with Crippen molar-refractivity contribution >= 4 is 11.8 Å². The molecular weight excluding hydrogens is 279 g/mol. The van der Waals surface area contributed by atoms with Crippen LogP contribution in [0.5, 0.6) is 0 Å². The van der Waals surface area contributed by atoms with Crippen LogP contribution in [0.15, 0.2) is 33.0 Å². The molecule has 0 bridgehead atoms. The Morgan fingerprint density at radius 1 is 1.55 bits per heavy atom. The predicted octanol–water partition coefficient (Wildman–Crippen LogP) is 1.77. The summed E-state index contributed by atoms with van der Waals surface area (Å²) in [6.45, 7) is 4.20. The van der Waals surface area contributed by atoms with Gasteiger partial charge in [-0.25, -0.2) is 14.3 Å². The number of nitrogens with one attached hydrogen (secondary N) is 1. The molecule has 2 aromatic rings. The predicted molar refractivity (Wildman–Crippen MR) is 76.4 cm³/mol. The Bertz CT molecular complexity index is 650. The number of hydrogen-bond acceptors (Lipinski definition) is 4. The largest absolute Gasteiger partial charge is 0.343 e. The van der Waals surface area contributed by atoms with E-state index in [9.17, 15) is 9.18 Å². The fourth-order valence-corrected chi connectivity index (χ4v) is 2.79. The Balaban J connectivity index is 2.23. The van der Waals surface area contributed by atoms with Gasteiger partial charge in [-0.15, -0.1) is 5.10 Å². The lowest BCUT2D eigenvalue weighted by Gasteiger charge is -2.08. The zero-order valence-electron chi connectivity index (χ0n) is 11.4. The first kappa shape index (κ1) is 14.8. The molecule has 0 aliphatic carbocycles. The third kappa shape index (κ3) is 3.29. The maximum absolute atomic E-state index is 14.0. The molecule has 7 heteroatoms. The van der Waals surface area contributed by atoms with Crippen LogP contribution in [0.3, 0.4) is 0 Å². The molecule has 108 valence electrons. The molecule has 0 saturated heterocycles. The van der Waals surface area contributed by atoms with Gasteiger partial charge in [0.15, 0.2) is 5.16 Å². The lowest BCUT2D eigenvalue weighted by Crippen LogP contribution is -2.17. The van der Waals surface area contributed by atoms with Gasteiger partial charge in [0.2, 0.25) is 0 Å². The Kier molecular flexibility index (Phi) is 4.61. The van der Waals surface area contributed by atoms with E-state index in [1.165, 1.54) is 10.6 Å². The number of nitrogens with two attached hydrogens (primary N) is 1. The summed E-state index contributed by atoms with van der Waals surface area (Å²) in [6, 6.07) is 5.00. The van der Waals surface area contributed by atoms with Crippen LogP contribution in [0.2, 0.25) is 0 Å².